The molecule has 2 saturated heterocycles. The maximum atomic E-state index is 12.4. The van der Waals surface area contributed by atoms with E-state index in [1.54, 1.807) is 6.92 Å². The fraction of sp³-hybridized carbons (Fsp3) is 0.938. The van der Waals surface area contributed by atoms with Crippen LogP contribution in [0.2, 0.25) is 0 Å². The minimum absolute atomic E-state index is 0.0506. The summed E-state index contributed by atoms with van der Waals surface area (Å²) in [5, 5.41) is 12.6. The second kappa shape index (κ2) is 6.53. The van der Waals surface area contributed by atoms with Gasteiger partial charge in [0, 0.05) is 31.7 Å². The molecule has 2 amide bonds. The number of rotatable bonds is 4. The number of carbonyl (C=O) groups is 1. The van der Waals surface area contributed by atoms with Crippen LogP contribution in [0.3, 0.4) is 0 Å². The number of likely N-dealkylation sites (tertiary alicyclic amines) is 1. The Kier molecular flexibility index (Phi) is 5.15. The minimum atomic E-state index is -0.334. The summed E-state index contributed by atoms with van der Waals surface area (Å²) < 4.78 is 0. The Morgan fingerprint density at radius 3 is 2.67 bits per heavy atom. The zero-order chi connectivity index (χ0) is 15.6. The van der Waals surface area contributed by atoms with Crippen molar-refractivity contribution in [2.45, 2.75) is 64.6 Å². The van der Waals surface area contributed by atoms with E-state index in [2.05, 4.69) is 31.1 Å². The predicted molar refractivity (Wildman–Crippen MR) is 84.2 cm³/mol. The van der Waals surface area contributed by atoms with Crippen molar-refractivity contribution in [3.63, 3.8) is 0 Å². The van der Waals surface area contributed by atoms with Gasteiger partial charge >= 0.3 is 6.03 Å². The second-order valence-electron chi connectivity index (χ2n) is 7.66. The van der Waals surface area contributed by atoms with Crippen molar-refractivity contribution in [2.24, 2.45) is 5.41 Å². The fourth-order valence-electron chi connectivity index (χ4n) is 3.79. The maximum absolute atomic E-state index is 12.4. The Balaban J connectivity index is 1.83. The molecule has 5 nitrogen and oxygen atoms in total. The van der Waals surface area contributed by atoms with Crippen molar-refractivity contribution < 1.29 is 9.90 Å². The van der Waals surface area contributed by atoms with Crippen molar-refractivity contribution in [1.82, 2.24) is 15.1 Å². The van der Waals surface area contributed by atoms with E-state index in [4.69, 9.17) is 0 Å². The molecule has 3 unspecified atom stereocenters. The van der Waals surface area contributed by atoms with E-state index < -0.39 is 0 Å². The summed E-state index contributed by atoms with van der Waals surface area (Å²) >= 11 is 0. The van der Waals surface area contributed by atoms with E-state index >= 15 is 0 Å². The van der Waals surface area contributed by atoms with Gasteiger partial charge in [0.05, 0.1) is 6.10 Å². The van der Waals surface area contributed by atoms with Crippen molar-refractivity contribution in [3.05, 3.63) is 0 Å². The van der Waals surface area contributed by atoms with Crippen molar-refractivity contribution in [2.75, 3.05) is 26.7 Å². The summed E-state index contributed by atoms with van der Waals surface area (Å²) in [6.07, 6.45) is 3.92. The van der Waals surface area contributed by atoms with E-state index in [0.717, 1.165) is 19.5 Å². The molecule has 0 aromatic heterocycles. The van der Waals surface area contributed by atoms with Crippen molar-refractivity contribution >= 4 is 6.03 Å². The SMILES string of the molecule is CC(O)CC(C)(C)CNC(=O)N1CCC2CCC(C1)N2C. The number of amides is 2. The second-order valence-corrected chi connectivity index (χ2v) is 7.66. The lowest BCUT2D eigenvalue weighted by atomic mass is 9.87. The van der Waals surface area contributed by atoms with Crippen molar-refractivity contribution in [1.29, 1.82) is 0 Å². The zero-order valence-corrected chi connectivity index (χ0v) is 13.9. The lowest BCUT2D eigenvalue weighted by Gasteiger charge is -2.30. The third kappa shape index (κ3) is 4.33. The summed E-state index contributed by atoms with van der Waals surface area (Å²) in [7, 11) is 2.19. The number of nitrogens with zero attached hydrogens (tertiary/aromatic N) is 2. The van der Waals surface area contributed by atoms with E-state index in [1.807, 2.05) is 4.90 Å². The number of hydrogen-bond donors (Lipinski definition) is 2. The number of aliphatic hydroxyl groups excluding tert-OH is 1. The molecule has 2 aliphatic heterocycles. The largest absolute Gasteiger partial charge is 0.393 e. The molecule has 0 aromatic carbocycles. The molecular weight excluding hydrogens is 266 g/mol. The molecule has 0 aromatic rings. The average molecular weight is 297 g/mol. The molecule has 2 N–H and O–H groups in total. The van der Waals surface area contributed by atoms with Gasteiger partial charge in [-0.1, -0.05) is 13.8 Å². The predicted octanol–water partition coefficient (Wildman–Crippen LogP) is 1.66. The number of urea groups is 1. The monoisotopic (exact) mass is 297 g/mol. The number of hydrogen-bond acceptors (Lipinski definition) is 3. The van der Waals surface area contributed by atoms with Crippen LogP contribution < -0.4 is 5.32 Å². The molecule has 2 fully saturated rings. The zero-order valence-electron chi connectivity index (χ0n) is 13.9. The van der Waals surface area contributed by atoms with E-state index in [1.165, 1.54) is 12.8 Å². The summed E-state index contributed by atoms with van der Waals surface area (Å²) in [6, 6.07) is 1.22. The molecule has 2 heterocycles. The van der Waals surface area contributed by atoms with Gasteiger partial charge in [0.2, 0.25) is 0 Å². The maximum Gasteiger partial charge on any atom is 0.317 e. The van der Waals surface area contributed by atoms with Gasteiger partial charge in [-0.25, -0.2) is 4.79 Å². The van der Waals surface area contributed by atoms with E-state index in [0.29, 0.717) is 25.0 Å². The molecule has 122 valence electrons. The van der Waals surface area contributed by atoms with Gasteiger partial charge in [0.15, 0.2) is 0 Å². The van der Waals surface area contributed by atoms with Crippen LogP contribution in [-0.4, -0.2) is 65.8 Å². The van der Waals surface area contributed by atoms with Gasteiger partial charge < -0.3 is 15.3 Å². The standard InChI is InChI=1S/C16H31N3O2/c1-12(20)9-16(2,3)11-17-15(21)19-8-7-13-5-6-14(10-19)18(13)4/h12-14,20H,5-11H2,1-4H3,(H,17,21). The van der Waals surface area contributed by atoms with Crippen LogP contribution in [-0.2, 0) is 0 Å². The number of aliphatic hydroxyl groups is 1. The molecule has 5 heteroatoms. The van der Waals surface area contributed by atoms with Crippen LogP contribution in [0.5, 0.6) is 0 Å². The first kappa shape index (κ1) is 16.6. The van der Waals surface area contributed by atoms with E-state index in [-0.39, 0.29) is 17.6 Å². The van der Waals surface area contributed by atoms with Gasteiger partial charge in [0.1, 0.15) is 0 Å². The van der Waals surface area contributed by atoms with Crippen LogP contribution in [0, 0.1) is 5.41 Å². The fourth-order valence-corrected chi connectivity index (χ4v) is 3.79. The van der Waals surface area contributed by atoms with Gasteiger partial charge in [-0.15, -0.1) is 0 Å². The van der Waals surface area contributed by atoms with Gasteiger partial charge in [0.25, 0.3) is 0 Å². The molecule has 2 rings (SSSR count). The minimum Gasteiger partial charge on any atom is -0.393 e. The number of fused-ring (bicyclic) bond motifs is 2. The topological polar surface area (TPSA) is 55.8 Å². The molecular formula is C16H31N3O2. The molecule has 0 aliphatic carbocycles. The number of likely N-dealkylation sites (N-methyl/N-ethyl adjacent to an activating group) is 1. The summed E-state index contributed by atoms with van der Waals surface area (Å²) in [4.78, 5) is 16.8. The molecule has 0 saturated carbocycles. The highest BCUT2D eigenvalue weighted by Crippen LogP contribution is 2.28. The Morgan fingerprint density at radius 2 is 2.00 bits per heavy atom. The third-order valence-electron chi connectivity index (χ3n) is 5.00. The Hall–Kier alpha value is -0.810. The van der Waals surface area contributed by atoms with Crippen LogP contribution in [0.15, 0.2) is 0 Å². The first-order valence-corrected chi connectivity index (χ1v) is 8.21. The molecule has 3 atom stereocenters. The van der Waals surface area contributed by atoms with Crippen LogP contribution in [0.4, 0.5) is 4.79 Å². The van der Waals surface area contributed by atoms with Crippen LogP contribution >= 0.6 is 0 Å². The quantitative estimate of drug-likeness (QED) is 0.830. The van der Waals surface area contributed by atoms with Gasteiger partial charge in [-0.3, -0.25) is 4.90 Å². The number of nitrogens with one attached hydrogen (secondary N) is 1. The Labute approximate surface area is 128 Å². The first-order valence-electron chi connectivity index (χ1n) is 8.21. The van der Waals surface area contributed by atoms with E-state index in [9.17, 15) is 9.90 Å². The highest BCUT2D eigenvalue weighted by Gasteiger charge is 2.36. The molecule has 2 bridgehead atoms. The van der Waals surface area contributed by atoms with Gasteiger partial charge in [-0.2, -0.15) is 0 Å². The number of carbonyl (C=O) groups excluding carboxylic acids is 1. The summed E-state index contributed by atoms with van der Waals surface area (Å²) in [6.45, 7) is 8.27. The Morgan fingerprint density at radius 1 is 1.33 bits per heavy atom. The molecule has 21 heavy (non-hydrogen) atoms. The summed E-state index contributed by atoms with van der Waals surface area (Å²) in [5.41, 5.74) is -0.0779. The van der Waals surface area contributed by atoms with Crippen molar-refractivity contribution in [3.8, 4) is 0 Å². The Bertz CT molecular complexity index is 371. The third-order valence-corrected chi connectivity index (χ3v) is 5.00. The lowest BCUT2D eigenvalue weighted by Crippen LogP contribution is -2.47. The molecule has 2 aliphatic rings. The highest BCUT2D eigenvalue weighted by molar-refractivity contribution is 5.74. The molecule has 0 spiro atoms. The van der Waals surface area contributed by atoms with Gasteiger partial charge in [-0.05, 0) is 45.1 Å². The van der Waals surface area contributed by atoms with Crippen LogP contribution in [0.1, 0.15) is 46.5 Å². The summed E-state index contributed by atoms with van der Waals surface area (Å²) in [5.74, 6) is 0. The average Bonchev–Trinajstić information content (AvgIpc) is 2.59. The lowest BCUT2D eigenvalue weighted by molar-refractivity contribution is 0.126. The smallest absolute Gasteiger partial charge is 0.317 e. The highest BCUT2D eigenvalue weighted by atomic mass is 16.3. The van der Waals surface area contributed by atoms with Crippen LogP contribution in [0.25, 0.3) is 0 Å². The first-order chi connectivity index (χ1) is 9.78. The molecule has 0 radical (unpaired) electrons. The normalized spacial score (nSPS) is 28.3.